The van der Waals surface area contributed by atoms with Gasteiger partial charge in [0.1, 0.15) is 11.5 Å². The Labute approximate surface area is 93.0 Å². The first-order valence-electron chi connectivity index (χ1n) is 4.26. The van der Waals surface area contributed by atoms with Crippen LogP contribution >= 0.6 is 11.6 Å². The number of halogens is 2. The molecule has 0 amide bonds. The van der Waals surface area contributed by atoms with Gasteiger partial charge in [-0.3, -0.25) is 0 Å². The van der Waals surface area contributed by atoms with E-state index in [2.05, 4.69) is 0 Å². The van der Waals surface area contributed by atoms with Crippen LogP contribution in [0.4, 0.5) is 3.89 Å². The summed E-state index contributed by atoms with van der Waals surface area (Å²) in [7, 11) is -4.57. The zero-order valence-electron chi connectivity index (χ0n) is 8.04. The molecular formula is C9H10ClFO3S. The SMILES string of the molecule is CCOc1ccc(Cl)cc1CS(=O)(=O)F. The molecule has 0 aliphatic rings. The molecular weight excluding hydrogens is 243 g/mol. The van der Waals surface area contributed by atoms with Crippen LogP contribution in [-0.4, -0.2) is 15.0 Å². The standard InChI is InChI=1S/C9H10ClFO3S/c1-2-14-9-4-3-8(10)5-7(9)6-15(11,12)13/h3-5H,2,6H2,1H3. The van der Waals surface area contributed by atoms with Gasteiger partial charge in [0.05, 0.1) is 6.61 Å². The Morgan fingerprint density at radius 3 is 2.67 bits per heavy atom. The highest BCUT2D eigenvalue weighted by molar-refractivity contribution is 7.85. The van der Waals surface area contributed by atoms with Gasteiger partial charge < -0.3 is 4.74 Å². The van der Waals surface area contributed by atoms with E-state index in [1.54, 1.807) is 13.0 Å². The molecule has 0 saturated heterocycles. The Morgan fingerprint density at radius 1 is 1.47 bits per heavy atom. The van der Waals surface area contributed by atoms with Crippen molar-refractivity contribution in [2.24, 2.45) is 0 Å². The van der Waals surface area contributed by atoms with E-state index in [1.165, 1.54) is 12.1 Å². The fourth-order valence-corrected chi connectivity index (χ4v) is 1.93. The van der Waals surface area contributed by atoms with Crippen LogP contribution in [0.25, 0.3) is 0 Å². The van der Waals surface area contributed by atoms with Crippen molar-refractivity contribution in [3.8, 4) is 5.75 Å². The van der Waals surface area contributed by atoms with E-state index in [0.29, 0.717) is 17.4 Å². The number of hydrogen-bond donors (Lipinski definition) is 0. The minimum absolute atomic E-state index is 0.229. The van der Waals surface area contributed by atoms with Gasteiger partial charge in [-0.05, 0) is 25.1 Å². The summed E-state index contributed by atoms with van der Waals surface area (Å²) in [6.07, 6.45) is 0. The van der Waals surface area contributed by atoms with Crippen molar-refractivity contribution >= 4 is 21.8 Å². The number of ether oxygens (including phenoxy) is 1. The van der Waals surface area contributed by atoms with Crippen molar-refractivity contribution in [2.75, 3.05) is 6.61 Å². The summed E-state index contributed by atoms with van der Waals surface area (Å²) in [5.74, 6) is -0.383. The predicted octanol–water partition coefficient (Wildman–Crippen LogP) is 2.54. The molecule has 0 unspecified atom stereocenters. The third kappa shape index (κ3) is 4.05. The minimum atomic E-state index is -4.57. The molecule has 0 radical (unpaired) electrons. The topological polar surface area (TPSA) is 43.4 Å². The van der Waals surface area contributed by atoms with E-state index in [9.17, 15) is 12.3 Å². The second-order valence-electron chi connectivity index (χ2n) is 2.87. The summed E-state index contributed by atoms with van der Waals surface area (Å²) in [6.45, 7) is 2.13. The highest BCUT2D eigenvalue weighted by Crippen LogP contribution is 2.25. The van der Waals surface area contributed by atoms with E-state index in [0.717, 1.165) is 0 Å². The summed E-state index contributed by atoms with van der Waals surface area (Å²) in [4.78, 5) is 0. The highest BCUT2D eigenvalue weighted by Gasteiger charge is 2.13. The lowest BCUT2D eigenvalue weighted by Gasteiger charge is -2.08. The van der Waals surface area contributed by atoms with Crippen molar-refractivity contribution in [3.05, 3.63) is 28.8 Å². The molecule has 0 spiro atoms. The monoisotopic (exact) mass is 252 g/mol. The molecule has 0 aliphatic heterocycles. The fraction of sp³-hybridized carbons (Fsp3) is 0.333. The average Bonchev–Trinajstić information content (AvgIpc) is 2.07. The lowest BCUT2D eigenvalue weighted by Crippen LogP contribution is -2.01. The van der Waals surface area contributed by atoms with E-state index >= 15 is 0 Å². The quantitative estimate of drug-likeness (QED) is 0.774. The van der Waals surface area contributed by atoms with Gasteiger partial charge in [0.25, 0.3) is 0 Å². The maximum absolute atomic E-state index is 12.5. The molecule has 0 heterocycles. The van der Waals surface area contributed by atoms with Crippen LogP contribution in [0.3, 0.4) is 0 Å². The first kappa shape index (κ1) is 12.3. The first-order valence-corrected chi connectivity index (χ1v) is 6.19. The van der Waals surface area contributed by atoms with Crippen LogP contribution < -0.4 is 4.74 Å². The van der Waals surface area contributed by atoms with Gasteiger partial charge >= 0.3 is 10.2 Å². The number of hydrogen-bond acceptors (Lipinski definition) is 3. The Kier molecular flexibility index (Phi) is 3.93. The van der Waals surface area contributed by atoms with Crippen LogP contribution in [0.2, 0.25) is 5.02 Å². The third-order valence-corrected chi connectivity index (χ3v) is 2.54. The molecule has 0 bridgehead atoms. The fourth-order valence-electron chi connectivity index (χ4n) is 1.14. The van der Waals surface area contributed by atoms with E-state index in [1.807, 2.05) is 0 Å². The van der Waals surface area contributed by atoms with Crippen LogP contribution in [0.15, 0.2) is 18.2 Å². The smallest absolute Gasteiger partial charge is 0.306 e. The van der Waals surface area contributed by atoms with Crippen molar-refractivity contribution in [3.63, 3.8) is 0 Å². The molecule has 1 aromatic carbocycles. The second-order valence-corrected chi connectivity index (χ2v) is 4.67. The molecule has 0 fully saturated rings. The van der Waals surface area contributed by atoms with Gasteiger partial charge in [0.15, 0.2) is 0 Å². The number of rotatable bonds is 4. The molecule has 0 atom stereocenters. The molecule has 1 rings (SSSR count). The van der Waals surface area contributed by atoms with Crippen LogP contribution in [0.5, 0.6) is 5.75 Å². The van der Waals surface area contributed by atoms with E-state index < -0.39 is 16.0 Å². The summed E-state index contributed by atoms with van der Waals surface area (Å²) >= 11 is 5.67. The lowest BCUT2D eigenvalue weighted by atomic mass is 10.2. The van der Waals surface area contributed by atoms with Crippen LogP contribution in [-0.2, 0) is 16.0 Å². The molecule has 0 aromatic heterocycles. The normalized spacial score (nSPS) is 11.4. The van der Waals surface area contributed by atoms with Crippen molar-refractivity contribution in [2.45, 2.75) is 12.7 Å². The molecule has 0 aliphatic carbocycles. The van der Waals surface area contributed by atoms with Gasteiger partial charge in [-0.1, -0.05) is 11.6 Å². The van der Waals surface area contributed by atoms with Crippen molar-refractivity contribution in [1.82, 2.24) is 0 Å². The van der Waals surface area contributed by atoms with Crippen LogP contribution in [0.1, 0.15) is 12.5 Å². The van der Waals surface area contributed by atoms with E-state index in [4.69, 9.17) is 16.3 Å². The lowest BCUT2D eigenvalue weighted by molar-refractivity contribution is 0.337. The van der Waals surface area contributed by atoms with Gasteiger partial charge in [0.2, 0.25) is 0 Å². The summed E-state index contributed by atoms with van der Waals surface area (Å²) in [5, 5.41) is 0.345. The van der Waals surface area contributed by atoms with Crippen molar-refractivity contribution in [1.29, 1.82) is 0 Å². The maximum atomic E-state index is 12.5. The van der Waals surface area contributed by atoms with Gasteiger partial charge in [0, 0.05) is 10.6 Å². The van der Waals surface area contributed by atoms with Crippen LogP contribution in [0, 0.1) is 0 Å². The second kappa shape index (κ2) is 4.81. The highest BCUT2D eigenvalue weighted by atomic mass is 35.5. The molecule has 84 valence electrons. The largest absolute Gasteiger partial charge is 0.494 e. The van der Waals surface area contributed by atoms with E-state index in [-0.39, 0.29) is 5.56 Å². The average molecular weight is 253 g/mol. The Balaban J connectivity index is 3.07. The molecule has 3 nitrogen and oxygen atoms in total. The zero-order chi connectivity index (χ0) is 11.5. The molecule has 6 heteroatoms. The van der Waals surface area contributed by atoms with Gasteiger partial charge in [-0.15, -0.1) is 3.89 Å². The Bertz CT molecular complexity index is 445. The number of benzene rings is 1. The van der Waals surface area contributed by atoms with Crippen molar-refractivity contribution < 1.29 is 17.0 Å². The Morgan fingerprint density at radius 2 is 2.13 bits per heavy atom. The maximum Gasteiger partial charge on any atom is 0.306 e. The van der Waals surface area contributed by atoms with Gasteiger partial charge in [-0.2, -0.15) is 8.42 Å². The minimum Gasteiger partial charge on any atom is -0.494 e. The molecule has 15 heavy (non-hydrogen) atoms. The predicted molar refractivity (Wildman–Crippen MR) is 56.4 cm³/mol. The molecule has 1 aromatic rings. The Hall–Kier alpha value is -0.810. The zero-order valence-corrected chi connectivity index (χ0v) is 9.61. The molecule has 0 saturated carbocycles. The summed E-state index contributed by atoms with van der Waals surface area (Å²) in [5.41, 5.74) is 0.229. The summed E-state index contributed by atoms with van der Waals surface area (Å²) < 4.78 is 38.7. The van der Waals surface area contributed by atoms with Gasteiger partial charge in [-0.25, -0.2) is 0 Å². The first-order chi connectivity index (χ1) is 6.92. The summed E-state index contributed by atoms with van der Waals surface area (Å²) in [6, 6.07) is 4.46. The molecule has 0 N–H and O–H groups in total. The third-order valence-electron chi connectivity index (χ3n) is 1.65.